The highest BCUT2D eigenvalue weighted by Gasteiger charge is 2.16. The molecule has 2 aromatic rings. The molecule has 0 aliphatic rings. The van der Waals surface area contributed by atoms with Gasteiger partial charge in [-0.05, 0) is 36.4 Å². The first-order valence-electron chi connectivity index (χ1n) is 6.66. The molecule has 0 bridgehead atoms. The summed E-state index contributed by atoms with van der Waals surface area (Å²) in [5, 5.41) is 3.25. The van der Waals surface area contributed by atoms with Crippen LogP contribution in [0.3, 0.4) is 0 Å². The summed E-state index contributed by atoms with van der Waals surface area (Å²) in [6.45, 7) is 0.747. The van der Waals surface area contributed by atoms with Crippen molar-refractivity contribution in [2.75, 3.05) is 26.0 Å². The van der Waals surface area contributed by atoms with Gasteiger partial charge < -0.3 is 5.32 Å². The average Bonchev–Trinajstić information content (AvgIpc) is 2.49. The Labute approximate surface area is 125 Å². The molecular weight excluding hydrogens is 286 g/mol. The number of sulfonamides is 1. The summed E-state index contributed by atoms with van der Waals surface area (Å²) in [5.74, 6) is 0. The van der Waals surface area contributed by atoms with E-state index in [4.69, 9.17) is 0 Å². The highest BCUT2D eigenvalue weighted by molar-refractivity contribution is 7.89. The molecule has 0 unspecified atom stereocenters. The van der Waals surface area contributed by atoms with Crippen molar-refractivity contribution in [2.45, 2.75) is 11.3 Å². The van der Waals surface area contributed by atoms with Crippen molar-refractivity contribution in [1.82, 2.24) is 9.29 Å². The van der Waals surface area contributed by atoms with Crippen molar-refractivity contribution in [3.8, 4) is 0 Å². The predicted octanol–water partition coefficient (Wildman–Crippen LogP) is 1.99. The maximum Gasteiger partial charge on any atom is 0.242 e. The number of benzene rings is 1. The van der Waals surface area contributed by atoms with E-state index in [1.165, 1.54) is 18.4 Å². The molecule has 0 aliphatic heterocycles. The van der Waals surface area contributed by atoms with Crippen molar-refractivity contribution in [2.24, 2.45) is 0 Å². The molecule has 0 saturated carbocycles. The maximum absolute atomic E-state index is 11.9. The van der Waals surface area contributed by atoms with Crippen LogP contribution in [0.4, 0.5) is 5.69 Å². The summed E-state index contributed by atoms with van der Waals surface area (Å²) in [4.78, 5) is 4.55. The molecule has 0 amide bonds. The van der Waals surface area contributed by atoms with Crippen LogP contribution in [0.2, 0.25) is 0 Å². The molecule has 1 N–H and O–H groups in total. The number of rotatable bonds is 6. The topological polar surface area (TPSA) is 62.3 Å². The zero-order valence-corrected chi connectivity index (χ0v) is 13.0. The average molecular weight is 305 g/mol. The van der Waals surface area contributed by atoms with E-state index in [0.29, 0.717) is 4.90 Å². The molecule has 2 rings (SSSR count). The molecule has 112 valence electrons. The second kappa shape index (κ2) is 6.69. The van der Waals surface area contributed by atoms with Gasteiger partial charge in [0.05, 0.1) is 4.90 Å². The molecule has 1 aromatic carbocycles. The first-order valence-corrected chi connectivity index (χ1v) is 8.10. The van der Waals surface area contributed by atoms with Gasteiger partial charge in [-0.3, -0.25) is 4.98 Å². The smallest absolute Gasteiger partial charge is 0.242 e. The van der Waals surface area contributed by atoms with E-state index in [2.05, 4.69) is 10.3 Å². The van der Waals surface area contributed by atoms with E-state index in [1.807, 2.05) is 18.2 Å². The van der Waals surface area contributed by atoms with Gasteiger partial charge in [0, 0.05) is 44.6 Å². The molecule has 0 atom stereocenters. The Morgan fingerprint density at radius 1 is 1.10 bits per heavy atom. The van der Waals surface area contributed by atoms with Crippen LogP contribution >= 0.6 is 0 Å². The Bertz CT molecular complexity index is 668. The van der Waals surface area contributed by atoms with Crippen LogP contribution in [-0.4, -0.2) is 38.3 Å². The van der Waals surface area contributed by atoms with Gasteiger partial charge in [0.25, 0.3) is 0 Å². The van der Waals surface area contributed by atoms with Crippen molar-refractivity contribution in [3.63, 3.8) is 0 Å². The molecular formula is C15H19N3O2S. The molecule has 0 saturated heterocycles. The van der Waals surface area contributed by atoms with E-state index >= 15 is 0 Å². The number of anilines is 1. The minimum absolute atomic E-state index is 0.294. The molecule has 6 heteroatoms. The third kappa shape index (κ3) is 4.03. The largest absolute Gasteiger partial charge is 0.385 e. The molecule has 1 aromatic heterocycles. The SMILES string of the molecule is CN(C)S(=O)(=O)c1ccc(NCCc2ccccn2)cc1. The van der Waals surface area contributed by atoms with E-state index in [-0.39, 0.29) is 0 Å². The highest BCUT2D eigenvalue weighted by atomic mass is 32.2. The molecule has 0 spiro atoms. The molecule has 21 heavy (non-hydrogen) atoms. The number of nitrogens with one attached hydrogen (secondary N) is 1. The zero-order chi connectivity index (χ0) is 15.3. The summed E-state index contributed by atoms with van der Waals surface area (Å²) in [6, 6.07) is 12.6. The second-order valence-corrected chi connectivity index (χ2v) is 6.96. The third-order valence-electron chi connectivity index (χ3n) is 3.07. The summed E-state index contributed by atoms with van der Waals surface area (Å²) in [7, 11) is -0.317. The lowest BCUT2D eigenvalue weighted by Crippen LogP contribution is -2.22. The molecule has 1 heterocycles. The second-order valence-electron chi connectivity index (χ2n) is 4.81. The number of pyridine rings is 1. The maximum atomic E-state index is 11.9. The summed E-state index contributed by atoms with van der Waals surface area (Å²) < 4.78 is 25.1. The number of hydrogen-bond donors (Lipinski definition) is 1. The van der Waals surface area contributed by atoms with Gasteiger partial charge in [-0.1, -0.05) is 6.07 Å². The number of nitrogens with zero attached hydrogens (tertiary/aromatic N) is 2. The summed E-state index contributed by atoms with van der Waals surface area (Å²) >= 11 is 0. The van der Waals surface area contributed by atoms with Crippen molar-refractivity contribution in [3.05, 3.63) is 54.4 Å². The summed E-state index contributed by atoms with van der Waals surface area (Å²) in [6.07, 6.45) is 2.59. The standard InChI is InChI=1S/C15H19N3O2S/c1-18(2)21(19,20)15-8-6-14(7-9-15)17-12-10-13-5-3-4-11-16-13/h3-9,11,17H,10,12H2,1-2H3. The minimum Gasteiger partial charge on any atom is -0.385 e. The zero-order valence-electron chi connectivity index (χ0n) is 12.2. The Hall–Kier alpha value is -1.92. The van der Waals surface area contributed by atoms with Gasteiger partial charge in [0.2, 0.25) is 10.0 Å². The highest BCUT2D eigenvalue weighted by Crippen LogP contribution is 2.16. The van der Waals surface area contributed by atoms with Crippen LogP contribution in [0.1, 0.15) is 5.69 Å². The fourth-order valence-corrected chi connectivity index (χ4v) is 2.74. The summed E-state index contributed by atoms with van der Waals surface area (Å²) in [5.41, 5.74) is 1.92. The molecule has 0 fully saturated rings. The Morgan fingerprint density at radius 2 is 1.81 bits per heavy atom. The van der Waals surface area contributed by atoms with E-state index in [0.717, 1.165) is 24.3 Å². The lowest BCUT2D eigenvalue weighted by Gasteiger charge is -2.12. The molecule has 5 nitrogen and oxygen atoms in total. The van der Waals surface area contributed by atoms with Gasteiger partial charge >= 0.3 is 0 Å². The lowest BCUT2D eigenvalue weighted by molar-refractivity contribution is 0.521. The van der Waals surface area contributed by atoms with Crippen LogP contribution in [-0.2, 0) is 16.4 Å². The van der Waals surface area contributed by atoms with Gasteiger partial charge in [-0.15, -0.1) is 0 Å². The Kier molecular flexibility index (Phi) is 4.93. The monoisotopic (exact) mass is 305 g/mol. The van der Waals surface area contributed by atoms with Crippen LogP contribution in [0.15, 0.2) is 53.6 Å². The van der Waals surface area contributed by atoms with Crippen LogP contribution in [0.5, 0.6) is 0 Å². The van der Waals surface area contributed by atoms with Crippen molar-refractivity contribution >= 4 is 15.7 Å². The van der Waals surface area contributed by atoms with Gasteiger partial charge in [-0.25, -0.2) is 12.7 Å². The first-order chi connectivity index (χ1) is 10.00. The normalized spacial score (nSPS) is 11.6. The van der Waals surface area contributed by atoms with E-state index in [9.17, 15) is 8.42 Å². The van der Waals surface area contributed by atoms with Crippen LogP contribution in [0, 0.1) is 0 Å². The lowest BCUT2D eigenvalue weighted by atomic mass is 10.2. The number of aromatic nitrogens is 1. The van der Waals surface area contributed by atoms with Crippen LogP contribution < -0.4 is 5.32 Å². The minimum atomic E-state index is -3.36. The quantitative estimate of drug-likeness (QED) is 0.886. The molecule has 0 radical (unpaired) electrons. The Balaban J connectivity index is 1.94. The van der Waals surface area contributed by atoms with Crippen LogP contribution in [0.25, 0.3) is 0 Å². The van der Waals surface area contributed by atoms with Crippen molar-refractivity contribution < 1.29 is 8.42 Å². The van der Waals surface area contributed by atoms with Crippen molar-refractivity contribution in [1.29, 1.82) is 0 Å². The van der Waals surface area contributed by atoms with Gasteiger partial charge in [0.15, 0.2) is 0 Å². The Morgan fingerprint density at radius 3 is 2.38 bits per heavy atom. The fraction of sp³-hybridized carbons (Fsp3) is 0.267. The first kappa shape index (κ1) is 15.5. The number of hydrogen-bond acceptors (Lipinski definition) is 4. The van der Waals surface area contributed by atoms with E-state index < -0.39 is 10.0 Å². The third-order valence-corrected chi connectivity index (χ3v) is 4.90. The fourth-order valence-electron chi connectivity index (χ4n) is 1.84. The molecule has 0 aliphatic carbocycles. The van der Waals surface area contributed by atoms with Gasteiger partial charge in [-0.2, -0.15) is 0 Å². The van der Waals surface area contributed by atoms with E-state index in [1.54, 1.807) is 30.5 Å². The predicted molar refractivity (Wildman–Crippen MR) is 83.7 cm³/mol. The van der Waals surface area contributed by atoms with Gasteiger partial charge in [0.1, 0.15) is 0 Å².